The lowest BCUT2D eigenvalue weighted by molar-refractivity contribution is -0.136. The van der Waals surface area contributed by atoms with E-state index in [0.29, 0.717) is 0 Å². The summed E-state index contributed by atoms with van der Waals surface area (Å²) in [4.78, 5) is 37.0. The van der Waals surface area contributed by atoms with E-state index in [1.807, 2.05) is 36.2 Å². The van der Waals surface area contributed by atoms with Crippen LogP contribution in [0.4, 0.5) is 4.79 Å². The lowest BCUT2D eigenvalue weighted by Crippen LogP contribution is -2.64. The van der Waals surface area contributed by atoms with Crippen LogP contribution in [0.2, 0.25) is 0 Å². The Kier molecular flexibility index (Phi) is 4.22. The molecule has 1 aromatic carbocycles. The molecule has 2 atom stereocenters. The van der Waals surface area contributed by atoms with Gasteiger partial charge in [0, 0.05) is 32.0 Å². The zero-order valence-electron chi connectivity index (χ0n) is 15.6. The van der Waals surface area contributed by atoms with Crippen LogP contribution in [-0.2, 0) is 11.2 Å². The van der Waals surface area contributed by atoms with Gasteiger partial charge in [-0.15, -0.1) is 6.58 Å². The lowest BCUT2D eigenvalue weighted by atomic mass is 10.1. The molecule has 3 aliphatic heterocycles. The minimum Gasteiger partial charge on any atom is -0.314 e. The van der Waals surface area contributed by atoms with E-state index in [2.05, 4.69) is 23.6 Å². The number of allylic oxidation sites excluding steroid dienone is 1. The van der Waals surface area contributed by atoms with Gasteiger partial charge < -0.3 is 14.7 Å². The number of hydrogen-bond donors (Lipinski definition) is 0. The molecule has 7 nitrogen and oxygen atoms in total. The summed E-state index contributed by atoms with van der Waals surface area (Å²) < 4.78 is 0. The Labute approximate surface area is 158 Å². The van der Waals surface area contributed by atoms with E-state index in [1.165, 1.54) is 10.5 Å². The fourth-order valence-corrected chi connectivity index (χ4v) is 3.86. The van der Waals surface area contributed by atoms with Crippen molar-refractivity contribution in [2.75, 3.05) is 20.1 Å². The van der Waals surface area contributed by atoms with Gasteiger partial charge >= 0.3 is 6.03 Å². The average molecular weight is 365 g/mol. The molecule has 3 aliphatic rings. The fourth-order valence-electron chi connectivity index (χ4n) is 3.86. The van der Waals surface area contributed by atoms with Gasteiger partial charge in [0.05, 0.1) is 0 Å². The maximum atomic E-state index is 13.0. The standard InChI is InChI=1S/C20H23N5O2/c1-4-11-24-18(26)16-17(22(3)20(24)27)21-19-23(14(2)13-25(16)19)12-10-15-8-6-5-7-9-15/h4-9,13,16-17H,1,10-12H2,2-3H3. The van der Waals surface area contributed by atoms with Crippen molar-refractivity contribution in [3.8, 4) is 0 Å². The third kappa shape index (κ3) is 2.70. The van der Waals surface area contributed by atoms with Crippen LogP contribution in [0.15, 0.2) is 59.9 Å². The van der Waals surface area contributed by atoms with Crippen LogP contribution in [0.1, 0.15) is 12.5 Å². The molecule has 7 heteroatoms. The Morgan fingerprint density at radius 2 is 1.93 bits per heavy atom. The van der Waals surface area contributed by atoms with E-state index in [1.54, 1.807) is 18.0 Å². The molecular formula is C20H23N5O2. The molecule has 0 radical (unpaired) electrons. The minimum atomic E-state index is -0.515. The van der Waals surface area contributed by atoms with Crippen molar-refractivity contribution in [3.05, 3.63) is 60.4 Å². The van der Waals surface area contributed by atoms with Gasteiger partial charge in [0.15, 0.2) is 12.2 Å². The van der Waals surface area contributed by atoms with E-state index in [-0.39, 0.29) is 18.5 Å². The number of carbonyl (C=O) groups is 2. The van der Waals surface area contributed by atoms with Crippen LogP contribution in [0, 0.1) is 0 Å². The number of carbonyl (C=O) groups excluding carboxylic acids is 2. The van der Waals surface area contributed by atoms with Crippen molar-refractivity contribution in [1.29, 1.82) is 0 Å². The maximum absolute atomic E-state index is 13.0. The monoisotopic (exact) mass is 365 g/mol. The molecule has 4 rings (SSSR count). The number of nitrogens with zero attached hydrogens (tertiary/aromatic N) is 5. The molecule has 1 aromatic rings. The second-order valence-electron chi connectivity index (χ2n) is 6.98. The van der Waals surface area contributed by atoms with Crippen LogP contribution in [0.5, 0.6) is 0 Å². The molecule has 0 N–H and O–H groups in total. The van der Waals surface area contributed by atoms with Gasteiger partial charge in [-0.3, -0.25) is 9.69 Å². The lowest BCUT2D eigenvalue weighted by Gasteiger charge is -2.39. The number of aliphatic imine (C=N–C) groups is 1. The molecule has 3 heterocycles. The first-order valence-electron chi connectivity index (χ1n) is 9.08. The van der Waals surface area contributed by atoms with Crippen molar-refractivity contribution in [3.63, 3.8) is 0 Å². The topological polar surface area (TPSA) is 59.5 Å². The molecule has 0 bridgehead atoms. The van der Waals surface area contributed by atoms with Gasteiger partial charge in [-0.05, 0) is 18.9 Å². The highest BCUT2D eigenvalue weighted by molar-refractivity contribution is 6.04. The quantitative estimate of drug-likeness (QED) is 0.748. The van der Waals surface area contributed by atoms with E-state index >= 15 is 0 Å². The predicted octanol–water partition coefficient (Wildman–Crippen LogP) is 1.85. The fraction of sp³-hybridized carbons (Fsp3) is 0.350. The average Bonchev–Trinajstić information content (AvgIpc) is 3.17. The number of hydrogen-bond acceptors (Lipinski definition) is 5. The number of guanidine groups is 1. The first-order chi connectivity index (χ1) is 13.0. The van der Waals surface area contributed by atoms with Crippen LogP contribution < -0.4 is 0 Å². The largest absolute Gasteiger partial charge is 0.328 e. The van der Waals surface area contributed by atoms with Gasteiger partial charge in [0.2, 0.25) is 5.96 Å². The van der Waals surface area contributed by atoms with Crippen molar-refractivity contribution in [1.82, 2.24) is 19.6 Å². The second-order valence-corrected chi connectivity index (χ2v) is 6.98. The number of fused-ring (bicyclic) bond motifs is 3. The van der Waals surface area contributed by atoms with Crippen molar-refractivity contribution in [2.45, 2.75) is 25.6 Å². The zero-order chi connectivity index (χ0) is 19.1. The predicted molar refractivity (Wildman–Crippen MR) is 103 cm³/mol. The van der Waals surface area contributed by atoms with E-state index < -0.39 is 12.2 Å². The molecule has 3 amide bonds. The van der Waals surface area contributed by atoms with E-state index in [0.717, 1.165) is 24.6 Å². The Hall–Kier alpha value is -3.09. The van der Waals surface area contributed by atoms with Crippen LogP contribution in [0.3, 0.4) is 0 Å². The number of imide groups is 1. The number of likely N-dealkylation sites (N-methyl/N-ethyl adjacent to an activating group) is 1. The normalized spacial score (nSPS) is 24.1. The number of benzene rings is 1. The number of amides is 3. The van der Waals surface area contributed by atoms with E-state index in [4.69, 9.17) is 4.99 Å². The molecule has 0 saturated carbocycles. The highest BCUT2D eigenvalue weighted by Gasteiger charge is 2.53. The highest BCUT2D eigenvalue weighted by atomic mass is 16.2. The molecule has 2 unspecified atom stereocenters. The number of rotatable bonds is 5. The molecule has 1 saturated heterocycles. The Bertz CT molecular complexity index is 847. The smallest absolute Gasteiger partial charge is 0.314 e. The van der Waals surface area contributed by atoms with Gasteiger partial charge in [-0.2, -0.15) is 0 Å². The molecule has 140 valence electrons. The highest BCUT2D eigenvalue weighted by Crippen LogP contribution is 2.33. The van der Waals surface area contributed by atoms with Crippen molar-refractivity contribution in [2.24, 2.45) is 4.99 Å². The van der Waals surface area contributed by atoms with Gasteiger partial charge in [0.1, 0.15) is 0 Å². The molecule has 0 aromatic heterocycles. The molecule has 0 spiro atoms. The summed E-state index contributed by atoms with van der Waals surface area (Å²) in [7, 11) is 1.69. The summed E-state index contributed by atoms with van der Waals surface area (Å²) in [6.07, 6.45) is 3.91. The van der Waals surface area contributed by atoms with Crippen LogP contribution >= 0.6 is 0 Å². The summed E-state index contributed by atoms with van der Waals surface area (Å²) >= 11 is 0. The third-order valence-electron chi connectivity index (χ3n) is 5.28. The summed E-state index contributed by atoms with van der Waals surface area (Å²) in [5.74, 6) is 0.516. The van der Waals surface area contributed by atoms with Crippen LogP contribution in [0.25, 0.3) is 0 Å². The molecular weight excluding hydrogens is 342 g/mol. The third-order valence-corrected chi connectivity index (χ3v) is 5.28. The van der Waals surface area contributed by atoms with Crippen molar-refractivity contribution >= 4 is 17.9 Å². The number of urea groups is 1. The zero-order valence-corrected chi connectivity index (χ0v) is 15.6. The first kappa shape index (κ1) is 17.3. The van der Waals surface area contributed by atoms with Crippen molar-refractivity contribution < 1.29 is 9.59 Å². The van der Waals surface area contributed by atoms with Gasteiger partial charge in [-0.1, -0.05) is 36.4 Å². The van der Waals surface area contributed by atoms with Gasteiger partial charge in [0.25, 0.3) is 5.91 Å². The summed E-state index contributed by atoms with van der Waals surface area (Å²) in [6, 6.07) is 9.43. The Morgan fingerprint density at radius 1 is 1.19 bits per heavy atom. The summed E-state index contributed by atoms with van der Waals surface area (Å²) in [6.45, 7) is 6.64. The van der Waals surface area contributed by atoms with E-state index in [9.17, 15) is 9.59 Å². The molecule has 1 fully saturated rings. The summed E-state index contributed by atoms with van der Waals surface area (Å²) in [5, 5.41) is 0. The Morgan fingerprint density at radius 3 is 2.63 bits per heavy atom. The molecule has 27 heavy (non-hydrogen) atoms. The second kappa shape index (κ2) is 6.57. The van der Waals surface area contributed by atoms with Crippen LogP contribution in [-0.4, -0.2) is 69.8 Å². The minimum absolute atomic E-state index is 0.203. The summed E-state index contributed by atoms with van der Waals surface area (Å²) in [5.41, 5.74) is 2.30. The maximum Gasteiger partial charge on any atom is 0.328 e. The first-order valence-corrected chi connectivity index (χ1v) is 9.08. The molecule has 0 aliphatic carbocycles. The van der Waals surface area contributed by atoms with Gasteiger partial charge in [-0.25, -0.2) is 9.79 Å². The Balaban J connectivity index is 1.58. The SMILES string of the molecule is C=CCN1C(=O)C2C(N=C3N(CCc4ccccc4)C(C)=CN32)N(C)C1=O.